The van der Waals surface area contributed by atoms with Crippen LogP contribution in [0, 0.1) is 6.92 Å². The van der Waals surface area contributed by atoms with Crippen LogP contribution in [0.25, 0.3) is 0 Å². The van der Waals surface area contributed by atoms with Gasteiger partial charge in [0.25, 0.3) is 5.91 Å². The van der Waals surface area contributed by atoms with Crippen molar-refractivity contribution in [3.8, 4) is 0 Å². The van der Waals surface area contributed by atoms with Gasteiger partial charge in [-0.25, -0.2) is 9.97 Å². The topological polar surface area (TPSA) is 67.8 Å². The van der Waals surface area contributed by atoms with E-state index < -0.39 is 0 Å². The van der Waals surface area contributed by atoms with Crippen LogP contribution in [-0.4, -0.2) is 20.9 Å². The highest BCUT2D eigenvalue weighted by molar-refractivity contribution is 6.29. The summed E-state index contributed by atoms with van der Waals surface area (Å²) in [5.74, 6) is -0.282. The summed E-state index contributed by atoms with van der Waals surface area (Å²) >= 11 is 5.60. The Bertz CT molecular complexity index is 556. The number of aryl methyl sites for hydroxylation is 1. The number of aromatic nitrogens is 3. The predicted molar refractivity (Wildman–Crippen MR) is 67.2 cm³/mol. The molecular formula is C12H11ClN4O. The van der Waals surface area contributed by atoms with E-state index in [9.17, 15) is 4.79 Å². The zero-order valence-electron chi connectivity index (χ0n) is 9.72. The van der Waals surface area contributed by atoms with Crippen LogP contribution in [0.4, 0.5) is 0 Å². The second kappa shape index (κ2) is 5.55. The van der Waals surface area contributed by atoms with Crippen molar-refractivity contribution in [3.05, 3.63) is 52.8 Å². The number of amides is 1. The average molecular weight is 263 g/mol. The molecule has 0 radical (unpaired) electrons. The van der Waals surface area contributed by atoms with Crippen molar-refractivity contribution in [1.82, 2.24) is 20.3 Å². The van der Waals surface area contributed by atoms with Gasteiger partial charge in [0.05, 0.1) is 12.4 Å². The van der Waals surface area contributed by atoms with Crippen molar-refractivity contribution < 1.29 is 4.79 Å². The second-order valence-electron chi connectivity index (χ2n) is 3.71. The summed E-state index contributed by atoms with van der Waals surface area (Å²) < 4.78 is 0. The van der Waals surface area contributed by atoms with Crippen LogP contribution in [0.2, 0.25) is 5.15 Å². The number of carbonyl (C=O) groups is 1. The first-order chi connectivity index (χ1) is 8.66. The van der Waals surface area contributed by atoms with E-state index in [1.54, 1.807) is 12.4 Å². The van der Waals surface area contributed by atoms with Gasteiger partial charge in [0, 0.05) is 18.9 Å². The van der Waals surface area contributed by atoms with Crippen LogP contribution in [-0.2, 0) is 6.54 Å². The van der Waals surface area contributed by atoms with Crippen molar-refractivity contribution in [1.29, 1.82) is 0 Å². The average Bonchev–Trinajstić information content (AvgIpc) is 2.38. The molecule has 18 heavy (non-hydrogen) atoms. The van der Waals surface area contributed by atoms with Gasteiger partial charge in [-0.05, 0) is 24.1 Å². The summed E-state index contributed by atoms with van der Waals surface area (Å²) in [5.41, 5.74) is 2.28. The molecule has 0 aromatic carbocycles. The Labute approximate surface area is 109 Å². The third kappa shape index (κ3) is 3.01. The highest BCUT2D eigenvalue weighted by atomic mass is 35.5. The van der Waals surface area contributed by atoms with Crippen LogP contribution in [0.5, 0.6) is 0 Å². The maximum atomic E-state index is 11.8. The van der Waals surface area contributed by atoms with Crippen LogP contribution in [0.1, 0.15) is 21.6 Å². The van der Waals surface area contributed by atoms with Gasteiger partial charge < -0.3 is 5.32 Å². The number of rotatable bonds is 3. The van der Waals surface area contributed by atoms with Crippen molar-refractivity contribution >= 4 is 17.5 Å². The Balaban J connectivity index is 2.01. The van der Waals surface area contributed by atoms with Crippen LogP contribution in [0.15, 0.2) is 30.9 Å². The number of carbonyl (C=O) groups excluding carboxylic acids is 1. The molecule has 0 bridgehead atoms. The lowest BCUT2D eigenvalue weighted by molar-refractivity contribution is 0.0945. The molecule has 2 rings (SSSR count). The van der Waals surface area contributed by atoms with Crippen LogP contribution >= 0.6 is 11.6 Å². The maximum Gasteiger partial charge on any atom is 0.271 e. The van der Waals surface area contributed by atoms with E-state index in [1.807, 2.05) is 13.0 Å². The first-order valence-electron chi connectivity index (χ1n) is 5.32. The summed E-state index contributed by atoms with van der Waals surface area (Å²) in [6.45, 7) is 2.37. The molecule has 2 aromatic heterocycles. The molecule has 6 heteroatoms. The third-order valence-electron chi connectivity index (χ3n) is 2.43. The molecule has 0 aliphatic heterocycles. The SMILES string of the molecule is Cc1cnccc1CNC(=O)c1cnc(Cl)cn1. The molecule has 92 valence electrons. The van der Waals surface area contributed by atoms with E-state index in [2.05, 4.69) is 20.3 Å². The highest BCUT2D eigenvalue weighted by Crippen LogP contribution is 2.05. The van der Waals surface area contributed by atoms with Gasteiger partial charge in [-0.1, -0.05) is 11.6 Å². The smallest absolute Gasteiger partial charge is 0.271 e. The summed E-state index contributed by atoms with van der Waals surface area (Å²) in [6, 6.07) is 1.86. The van der Waals surface area contributed by atoms with Crippen molar-refractivity contribution in [3.63, 3.8) is 0 Å². The van der Waals surface area contributed by atoms with Gasteiger partial charge in [-0.2, -0.15) is 0 Å². The number of halogens is 1. The lowest BCUT2D eigenvalue weighted by atomic mass is 10.1. The molecule has 0 unspecified atom stereocenters. The Morgan fingerprint density at radius 3 is 2.83 bits per heavy atom. The van der Waals surface area contributed by atoms with Gasteiger partial charge in [0.1, 0.15) is 10.8 Å². The molecule has 0 saturated heterocycles. The van der Waals surface area contributed by atoms with Crippen molar-refractivity contribution in [2.45, 2.75) is 13.5 Å². The Hall–Kier alpha value is -2.01. The standard InChI is InChI=1S/C12H11ClN4O/c1-8-4-14-3-2-9(8)5-17-12(18)10-6-16-11(13)7-15-10/h2-4,6-7H,5H2,1H3,(H,17,18). The zero-order chi connectivity index (χ0) is 13.0. The van der Waals surface area contributed by atoms with E-state index in [-0.39, 0.29) is 16.8 Å². The minimum atomic E-state index is -0.282. The first kappa shape index (κ1) is 12.4. The molecule has 0 fully saturated rings. The van der Waals surface area contributed by atoms with E-state index in [0.717, 1.165) is 11.1 Å². The molecule has 0 atom stereocenters. The van der Waals surface area contributed by atoms with Crippen LogP contribution in [0.3, 0.4) is 0 Å². The minimum absolute atomic E-state index is 0.242. The van der Waals surface area contributed by atoms with Crippen molar-refractivity contribution in [2.75, 3.05) is 0 Å². The number of hydrogen-bond acceptors (Lipinski definition) is 4. The van der Waals surface area contributed by atoms with Gasteiger partial charge in [-0.15, -0.1) is 0 Å². The first-order valence-corrected chi connectivity index (χ1v) is 5.70. The summed E-state index contributed by atoms with van der Waals surface area (Å²) in [6.07, 6.45) is 6.13. The monoisotopic (exact) mass is 262 g/mol. The zero-order valence-corrected chi connectivity index (χ0v) is 10.5. The number of pyridine rings is 1. The number of hydrogen-bond donors (Lipinski definition) is 1. The minimum Gasteiger partial charge on any atom is -0.347 e. The largest absolute Gasteiger partial charge is 0.347 e. The van der Waals surface area contributed by atoms with E-state index >= 15 is 0 Å². The Morgan fingerprint density at radius 1 is 1.33 bits per heavy atom. The van der Waals surface area contributed by atoms with Gasteiger partial charge in [0.15, 0.2) is 0 Å². The normalized spacial score (nSPS) is 10.1. The van der Waals surface area contributed by atoms with E-state index in [1.165, 1.54) is 12.4 Å². The van der Waals surface area contributed by atoms with Crippen LogP contribution < -0.4 is 5.32 Å². The fourth-order valence-corrected chi connectivity index (χ4v) is 1.49. The Morgan fingerprint density at radius 2 is 2.17 bits per heavy atom. The third-order valence-corrected chi connectivity index (χ3v) is 2.62. The fraction of sp³-hybridized carbons (Fsp3) is 0.167. The molecule has 0 spiro atoms. The van der Waals surface area contributed by atoms with E-state index in [0.29, 0.717) is 6.54 Å². The molecule has 2 aromatic rings. The lowest BCUT2D eigenvalue weighted by Crippen LogP contribution is -2.24. The molecule has 5 nitrogen and oxygen atoms in total. The molecule has 2 heterocycles. The van der Waals surface area contributed by atoms with Gasteiger partial charge >= 0.3 is 0 Å². The van der Waals surface area contributed by atoms with Crippen molar-refractivity contribution in [2.24, 2.45) is 0 Å². The molecule has 1 amide bonds. The predicted octanol–water partition coefficient (Wildman–Crippen LogP) is 1.76. The van der Waals surface area contributed by atoms with Gasteiger partial charge in [0.2, 0.25) is 0 Å². The summed E-state index contributed by atoms with van der Waals surface area (Å²) in [7, 11) is 0. The summed E-state index contributed by atoms with van der Waals surface area (Å²) in [4.78, 5) is 23.5. The molecule has 0 aliphatic rings. The summed E-state index contributed by atoms with van der Waals surface area (Å²) in [5, 5.41) is 3.02. The molecule has 0 aliphatic carbocycles. The molecule has 0 saturated carbocycles. The lowest BCUT2D eigenvalue weighted by Gasteiger charge is -2.06. The fourth-order valence-electron chi connectivity index (χ4n) is 1.40. The second-order valence-corrected chi connectivity index (χ2v) is 4.10. The maximum absolute atomic E-state index is 11.8. The van der Waals surface area contributed by atoms with Gasteiger partial charge in [-0.3, -0.25) is 9.78 Å². The number of nitrogens with zero attached hydrogens (tertiary/aromatic N) is 3. The highest BCUT2D eigenvalue weighted by Gasteiger charge is 2.07. The number of nitrogens with one attached hydrogen (secondary N) is 1. The molecular weight excluding hydrogens is 252 g/mol. The quantitative estimate of drug-likeness (QED) is 0.915. The Kier molecular flexibility index (Phi) is 3.84. The molecule has 1 N–H and O–H groups in total. The van der Waals surface area contributed by atoms with E-state index in [4.69, 9.17) is 11.6 Å².